The first-order chi connectivity index (χ1) is 16.8. The fourth-order valence-electron chi connectivity index (χ4n) is 4.77. The van der Waals surface area contributed by atoms with Gasteiger partial charge in [-0.25, -0.2) is 13.6 Å². The molecule has 2 saturated carbocycles. The molecule has 5 rings (SSSR count). The third-order valence-corrected chi connectivity index (χ3v) is 6.84. The Morgan fingerprint density at radius 3 is 2.20 bits per heavy atom. The molecular weight excluding hydrogens is 456 g/mol. The van der Waals surface area contributed by atoms with Crippen LogP contribution in [0, 0.1) is 17.6 Å². The van der Waals surface area contributed by atoms with Crippen LogP contribution in [0.5, 0.6) is 5.75 Å². The van der Waals surface area contributed by atoms with Gasteiger partial charge in [0.1, 0.15) is 0 Å². The van der Waals surface area contributed by atoms with Crippen LogP contribution in [0.2, 0.25) is 0 Å². The predicted octanol–water partition coefficient (Wildman–Crippen LogP) is 5.47. The van der Waals surface area contributed by atoms with Gasteiger partial charge in [-0.3, -0.25) is 9.78 Å². The molecule has 7 nitrogen and oxygen atoms in total. The summed E-state index contributed by atoms with van der Waals surface area (Å²) in [5.41, 5.74) is 2.54. The third-order valence-electron chi connectivity index (χ3n) is 6.84. The molecule has 4 N–H and O–H groups in total. The second kappa shape index (κ2) is 9.13. The Hall–Kier alpha value is -3.75. The molecule has 1 amide bonds. The van der Waals surface area contributed by atoms with Crippen molar-refractivity contribution < 1.29 is 28.6 Å². The summed E-state index contributed by atoms with van der Waals surface area (Å²) < 4.78 is 28.0. The van der Waals surface area contributed by atoms with E-state index in [9.17, 15) is 23.5 Å². The Morgan fingerprint density at radius 2 is 1.57 bits per heavy atom. The van der Waals surface area contributed by atoms with Crippen LogP contribution in [0.1, 0.15) is 48.9 Å². The molecule has 2 aromatic carbocycles. The Morgan fingerprint density at radius 1 is 0.914 bits per heavy atom. The average Bonchev–Trinajstić information content (AvgIpc) is 3.68. The summed E-state index contributed by atoms with van der Waals surface area (Å²) in [5.74, 6) is -3.13. The van der Waals surface area contributed by atoms with Crippen molar-refractivity contribution in [3.8, 4) is 16.9 Å². The molecule has 9 heteroatoms. The predicted molar refractivity (Wildman–Crippen MR) is 127 cm³/mol. The number of fused-ring (bicyclic) bond motifs is 1. The van der Waals surface area contributed by atoms with Crippen molar-refractivity contribution in [2.75, 3.05) is 5.32 Å². The number of hydrogen-bond donors (Lipinski definition) is 4. The van der Waals surface area contributed by atoms with Crippen LogP contribution in [0.25, 0.3) is 22.0 Å². The molecule has 0 saturated heterocycles. The fraction of sp³-hybridized carbons (Fsp3) is 0.346. The summed E-state index contributed by atoms with van der Waals surface area (Å²) in [4.78, 5) is 28.5. The first-order valence-electron chi connectivity index (χ1n) is 11.7. The molecule has 0 aliphatic heterocycles. The van der Waals surface area contributed by atoms with Crippen molar-refractivity contribution in [3.63, 3.8) is 0 Å². The zero-order valence-corrected chi connectivity index (χ0v) is 18.9. The largest absolute Gasteiger partial charge is 0.503 e. The van der Waals surface area contributed by atoms with Crippen LogP contribution in [-0.4, -0.2) is 39.2 Å². The molecule has 0 unspecified atom stereocenters. The first-order valence-corrected chi connectivity index (χ1v) is 11.7. The topological polar surface area (TPSA) is 112 Å². The maximum absolute atomic E-state index is 14.0. The van der Waals surface area contributed by atoms with Gasteiger partial charge in [-0.2, -0.15) is 0 Å². The van der Waals surface area contributed by atoms with E-state index < -0.39 is 23.5 Å². The number of phenols is 1. The van der Waals surface area contributed by atoms with Gasteiger partial charge in [-0.05, 0) is 73.9 Å². The highest BCUT2D eigenvalue weighted by molar-refractivity contribution is 6.10. The maximum Gasteiger partial charge on any atom is 0.404 e. The molecule has 0 spiro atoms. The number of Topliss-reactive ketones (excluding diaryl/α,β-unsaturated/α-hetero) is 1. The molecule has 0 atom stereocenters. The zero-order valence-electron chi connectivity index (χ0n) is 18.9. The molecule has 35 heavy (non-hydrogen) atoms. The normalized spacial score (nSPS) is 19.9. The number of amides is 1. The van der Waals surface area contributed by atoms with Crippen LogP contribution in [-0.2, 0) is 0 Å². The minimum Gasteiger partial charge on any atom is -0.503 e. The van der Waals surface area contributed by atoms with E-state index in [1.165, 1.54) is 0 Å². The van der Waals surface area contributed by atoms with Gasteiger partial charge in [0.05, 0.1) is 16.8 Å². The van der Waals surface area contributed by atoms with Crippen LogP contribution in [0.3, 0.4) is 0 Å². The molecule has 2 aliphatic rings. The highest BCUT2D eigenvalue weighted by Crippen LogP contribution is 2.39. The lowest BCUT2D eigenvalue weighted by molar-refractivity contribution is 0.0968. The van der Waals surface area contributed by atoms with Crippen LogP contribution >= 0.6 is 0 Å². The number of anilines is 1. The second-order valence-corrected chi connectivity index (χ2v) is 9.35. The average molecular weight is 481 g/mol. The van der Waals surface area contributed by atoms with Crippen molar-refractivity contribution in [1.82, 2.24) is 10.3 Å². The Balaban J connectivity index is 1.53. The van der Waals surface area contributed by atoms with Crippen molar-refractivity contribution in [1.29, 1.82) is 0 Å². The zero-order chi connectivity index (χ0) is 24.7. The van der Waals surface area contributed by atoms with E-state index in [-0.39, 0.29) is 29.3 Å². The second-order valence-electron chi connectivity index (χ2n) is 9.35. The molecule has 1 heterocycles. The third kappa shape index (κ3) is 4.76. The van der Waals surface area contributed by atoms with Crippen LogP contribution < -0.4 is 10.6 Å². The van der Waals surface area contributed by atoms with Crippen LogP contribution in [0.4, 0.5) is 19.3 Å². The van der Waals surface area contributed by atoms with Gasteiger partial charge in [0.15, 0.2) is 23.2 Å². The minimum atomic E-state index is -1.05. The van der Waals surface area contributed by atoms with Crippen molar-refractivity contribution in [2.24, 2.45) is 5.92 Å². The van der Waals surface area contributed by atoms with Gasteiger partial charge in [-0.15, -0.1) is 0 Å². The van der Waals surface area contributed by atoms with Crippen molar-refractivity contribution in [2.45, 2.75) is 50.6 Å². The van der Waals surface area contributed by atoms with Gasteiger partial charge in [-0.1, -0.05) is 6.07 Å². The number of carboxylic acid groups (broad SMARTS) is 1. The number of pyridine rings is 1. The highest BCUT2D eigenvalue weighted by Gasteiger charge is 2.33. The van der Waals surface area contributed by atoms with Gasteiger partial charge in [0.25, 0.3) is 0 Å². The lowest BCUT2D eigenvalue weighted by Crippen LogP contribution is -2.39. The molecule has 2 aliphatic carbocycles. The van der Waals surface area contributed by atoms with E-state index in [4.69, 9.17) is 5.11 Å². The smallest absolute Gasteiger partial charge is 0.404 e. The number of nitrogens with zero attached hydrogens (tertiary/aromatic N) is 1. The van der Waals surface area contributed by atoms with E-state index in [0.717, 1.165) is 37.8 Å². The summed E-state index contributed by atoms with van der Waals surface area (Å²) in [5, 5.41) is 25.1. The SMILES string of the molecule is O=C(O)NC1CCC(Nc2c(C(=O)C3CC3)cnc3ccc(-c4cc(F)c(O)c(F)c4)cc23)CC1. The van der Waals surface area contributed by atoms with E-state index in [0.29, 0.717) is 40.6 Å². The first kappa shape index (κ1) is 23.0. The molecule has 3 aromatic rings. The molecule has 1 aromatic heterocycles. The minimum absolute atomic E-state index is 0.0197. The van der Waals surface area contributed by atoms with E-state index in [1.807, 2.05) is 0 Å². The van der Waals surface area contributed by atoms with Crippen molar-refractivity contribution in [3.05, 3.63) is 53.7 Å². The van der Waals surface area contributed by atoms with Gasteiger partial charge in [0.2, 0.25) is 0 Å². The molecular formula is C26H25F2N3O4. The molecule has 0 bridgehead atoms. The number of halogens is 2. The quantitative estimate of drug-likeness (QED) is 0.348. The summed E-state index contributed by atoms with van der Waals surface area (Å²) >= 11 is 0. The Labute approximate surface area is 200 Å². The van der Waals surface area contributed by atoms with Gasteiger partial charge >= 0.3 is 6.09 Å². The highest BCUT2D eigenvalue weighted by atomic mass is 19.1. The number of nitrogens with one attached hydrogen (secondary N) is 2. The number of aromatic hydroxyl groups is 1. The van der Waals surface area contributed by atoms with E-state index >= 15 is 0 Å². The number of phenolic OH excluding ortho intramolecular Hbond substituents is 1. The number of carbonyl (C=O) groups excluding carboxylic acids is 1. The monoisotopic (exact) mass is 481 g/mol. The molecule has 0 radical (unpaired) electrons. The Bertz CT molecular complexity index is 1290. The maximum atomic E-state index is 14.0. The van der Waals surface area contributed by atoms with Gasteiger partial charge in [0, 0.05) is 29.6 Å². The molecule has 2 fully saturated rings. The number of aromatic nitrogens is 1. The number of ketones is 1. The number of rotatable bonds is 6. The number of benzene rings is 2. The summed E-state index contributed by atoms with van der Waals surface area (Å²) in [6.07, 6.45) is 5.03. The summed E-state index contributed by atoms with van der Waals surface area (Å²) in [7, 11) is 0. The van der Waals surface area contributed by atoms with Gasteiger partial charge < -0.3 is 20.8 Å². The number of hydrogen-bond acceptors (Lipinski definition) is 5. The fourth-order valence-corrected chi connectivity index (χ4v) is 4.77. The van der Waals surface area contributed by atoms with E-state index in [1.54, 1.807) is 24.4 Å². The summed E-state index contributed by atoms with van der Waals surface area (Å²) in [6, 6.07) is 7.24. The van der Waals surface area contributed by atoms with Crippen LogP contribution in [0.15, 0.2) is 36.5 Å². The van der Waals surface area contributed by atoms with E-state index in [2.05, 4.69) is 15.6 Å². The lowest BCUT2D eigenvalue weighted by atomic mass is 9.90. The summed E-state index contributed by atoms with van der Waals surface area (Å²) in [6.45, 7) is 0. The lowest BCUT2D eigenvalue weighted by Gasteiger charge is -2.30. The standard InChI is InChI=1S/C26H25F2N3O4/c27-20-10-15(11-21(28)25(20)33)14-3-8-22-18(9-14)23(19(12-29-22)24(32)13-1-2-13)30-16-4-6-17(7-5-16)31-26(34)35/h3,8-13,16-17,31,33H,1-2,4-7H2,(H,29,30)(H,34,35). The Kier molecular flexibility index (Phi) is 6.00. The molecule has 182 valence electrons. The van der Waals surface area contributed by atoms with Crippen molar-refractivity contribution >= 4 is 28.5 Å². The number of carbonyl (C=O) groups is 2.